The molecule has 134 valence electrons. The van der Waals surface area contributed by atoms with Crippen molar-refractivity contribution in [3.8, 4) is 0 Å². The first kappa shape index (κ1) is 16.8. The van der Waals surface area contributed by atoms with Crippen molar-refractivity contribution in [3.63, 3.8) is 0 Å². The number of rotatable bonds is 2. The predicted octanol–water partition coefficient (Wildman–Crippen LogP) is 4.12. The lowest BCUT2D eigenvalue weighted by atomic mass is 10.0. The average Bonchev–Trinajstić information content (AvgIpc) is 2.92. The number of benzene rings is 2. The molecule has 1 saturated heterocycles. The summed E-state index contributed by atoms with van der Waals surface area (Å²) in [4.78, 5) is 26.6. The Bertz CT molecular complexity index is 925. The third kappa shape index (κ3) is 2.93. The van der Waals surface area contributed by atoms with Gasteiger partial charge in [-0.3, -0.25) is 9.59 Å². The van der Waals surface area contributed by atoms with Gasteiger partial charge < -0.3 is 4.74 Å². The van der Waals surface area contributed by atoms with Gasteiger partial charge >= 0.3 is 0 Å². The zero-order valence-electron chi connectivity index (χ0n) is 15.0. The summed E-state index contributed by atoms with van der Waals surface area (Å²) in [5, 5.41) is 2.84. The summed E-state index contributed by atoms with van der Waals surface area (Å²) >= 11 is 0. The second kappa shape index (κ2) is 6.61. The highest BCUT2D eigenvalue weighted by atomic mass is 16.5. The maximum absolute atomic E-state index is 13.3. The second-order valence-corrected chi connectivity index (χ2v) is 6.35. The van der Waals surface area contributed by atoms with Crippen LogP contribution >= 0.6 is 0 Å². The first-order valence-corrected chi connectivity index (χ1v) is 8.64. The SMILES string of the molecule is CC1=CC(=C2C(=O)N(c3ccccc3)N(c3ccccc3)C2=O)C=C(C)O1. The predicted molar refractivity (Wildman–Crippen MR) is 103 cm³/mol. The van der Waals surface area contributed by atoms with Crippen molar-refractivity contribution in [3.05, 3.63) is 95.5 Å². The van der Waals surface area contributed by atoms with E-state index in [0.29, 0.717) is 28.5 Å². The van der Waals surface area contributed by atoms with Crippen molar-refractivity contribution in [2.75, 3.05) is 10.0 Å². The number of carbonyl (C=O) groups is 2. The molecule has 0 bridgehead atoms. The van der Waals surface area contributed by atoms with E-state index in [-0.39, 0.29) is 17.4 Å². The fraction of sp³-hybridized carbons (Fsp3) is 0.0909. The molecule has 2 amide bonds. The van der Waals surface area contributed by atoms with Gasteiger partial charge in [0, 0.05) is 0 Å². The average molecular weight is 358 g/mol. The van der Waals surface area contributed by atoms with Gasteiger partial charge in [0.25, 0.3) is 11.8 Å². The molecule has 5 heteroatoms. The van der Waals surface area contributed by atoms with Crippen LogP contribution in [0.25, 0.3) is 0 Å². The lowest BCUT2D eigenvalue weighted by molar-refractivity contribution is -0.116. The second-order valence-electron chi connectivity index (χ2n) is 6.35. The molecule has 0 spiro atoms. The Morgan fingerprint density at radius 1 is 0.667 bits per heavy atom. The van der Waals surface area contributed by atoms with Gasteiger partial charge in [0.15, 0.2) is 0 Å². The molecule has 0 aromatic heterocycles. The Morgan fingerprint density at radius 3 is 1.48 bits per heavy atom. The Hall–Kier alpha value is -3.60. The molecule has 2 heterocycles. The first-order chi connectivity index (χ1) is 13.1. The van der Waals surface area contributed by atoms with Gasteiger partial charge in [-0.1, -0.05) is 36.4 Å². The third-order valence-electron chi connectivity index (χ3n) is 4.34. The molecule has 0 radical (unpaired) electrons. The van der Waals surface area contributed by atoms with Crippen LogP contribution < -0.4 is 10.0 Å². The molecular weight excluding hydrogens is 340 g/mol. The summed E-state index contributed by atoms with van der Waals surface area (Å²) in [6.07, 6.45) is 3.44. The number of para-hydroxylation sites is 2. The molecule has 0 atom stereocenters. The highest BCUT2D eigenvalue weighted by Gasteiger charge is 2.44. The Labute approximate surface area is 157 Å². The van der Waals surface area contributed by atoms with E-state index < -0.39 is 0 Å². The van der Waals surface area contributed by atoms with Crippen molar-refractivity contribution < 1.29 is 14.3 Å². The van der Waals surface area contributed by atoms with Gasteiger partial charge in [-0.05, 0) is 55.8 Å². The highest BCUT2D eigenvalue weighted by molar-refractivity contribution is 6.36. The fourth-order valence-electron chi connectivity index (χ4n) is 3.27. The molecule has 4 rings (SSSR count). The van der Waals surface area contributed by atoms with Crippen LogP contribution in [0.1, 0.15) is 13.8 Å². The minimum atomic E-state index is -0.361. The molecular formula is C22H18N2O3. The third-order valence-corrected chi connectivity index (χ3v) is 4.34. The smallest absolute Gasteiger partial charge is 0.283 e. The summed E-state index contributed by atoms with van der Waals surface area (Å²) in [6, 6.07) is 18.3. The number of nitrogens with zero attached hydrogens (tertiary/aromatic N) is 2. The van der Waals surface area contributed by atoms with Gasteiger partial charge in [0.2, 0.25) is 0 Å². The molecule has 0 unspecified atom stereocenters. The Morgan fingerprint density at radius 2 is 1.07 bits per heavy atom. The monoisotopic (exact) mass is 358 g/mol. The molecule has 0 aliphatic carbocycles. The summed E-state index contributed by atoms with van der Waals surface area (Å²) in [5.41, 5.74) is 1.95. The molecule has 2 aromatic rings. The number of allylic oxidation sites excluding steroid dienone is 5. The number of anilines is 2. The van der Waals surface area contributed by atoms with Gasteiger partial charge in [-0.25, -0.2) is 10.0 Å². The highest BCUT2D eigenvalue weighted by Crippen LogP contribution is 2.34. The van der Waals surface area contributed by atoms with E-state index in [9.17, 15) is 9.59 Å². The van der Waals surface area contributed by atoms with E-state index in [2.05, 4.69) is 0 Å². The van der Waals surface area contributed by atoms with Crippen LogP contribution in [0.4, 0.5) is 11.4 Å². The number of carbonyl (C=O) groups excluding carboxylic acids is 2. The van der Waals surface area contributed by atoms with Crippen molar-refractivity contribution in [1.82, 2.24) is 0 Å². The van der Waals surface area contributed by atoms with Crippen LogP contribution in [0.5, 0.6) is 0 Å². The van der Waals surface area contributed by atoms with E-state index in [1.54, 1.807) is 50.3 Å². The number of hydrazine groups is 1. The lowest BCUT2D eigenvalue weighted by Gasteiger charge is -2.27. The van der Waals surface area contributed by atoms with E-state index >= 15 is 0 Å². The van der Waals surface area contributed by atoms with E-state index in [0.717, 1.165) is 0 Å². The minimum Gasteiger partial charge on any atom is -0.467 e. The molecule has 5 nitrogen and oxygen atoms in total. The summed E-state index contributed by atoms with van der Waals surface area (Å²) in [6.45, 7) is 3.59. The zero-order chi connectivity index (χ0) is 19.0. The molecule has 2 aromatic carbocycles. The Balaban J connectivity index is 1.91. The maximum atomic E-state index is 13.3. The van der Waals surface area contributed by atoms with Crippen molar-refractivity contribution >= 4 is 23.2 Å². The lowest BCUT2D eigenvalue weighted by Crippen LogP contribution is -2.41. The van der Waals surface area contributed by atoms with Crippen molar-refractivity contribution in [1.29, 1.82) is 0 Å². The number of ether oxygens (including phenoxy) is 1. The molecule has 0 N–H and O–H groups in total. The van der Waals surface area contributed by atoms with Crippen LogP contribution in [-0.4, -0.2) is 11.8 Å². The minimum absolute atomic E-state index is 0.129. The zero-order valence-corrected chi connectivity index (χ0v) is 15.0. The van der Waals surface area contributed by atoms with E-state index in [1.165, 1.54) is 10.0 Å². The summed E-state index contributed by atoms with van der Waals surface area (Å²) < 4.78 is 5.51. The molecule has 27 heavy (non-hydrogen) atoms. The molecule has 2 aliphatic rings. The summed E-state index contributed by atoms with van der Waals surface area (Å²) in [5.74, 6) is 0.560. The fourth-order valence-corrected chi connectivity index (χ4v) is 3.27. The number of amides is 2. The first-order valence-electron chi connectivity index (χ1n) is 8.64. The van der Waals surface area contributed by atoms with Crippen LogP contribution in [0, 0.1) is 0 Å². The largest absolute Gasteiger partial charge is 0.467 e. The van der Waals surface area contributed by atoms with Crippen molar-refractivity contribution in [2.24, 2.45) is 0 Å². The van der Waals surface area contributed by atoms with Crippen LogP contribution in [0.3, 0.4) is 0 Å². The van der Waals surface area contributed by atoms with Gasteiger partial charge in [0.1, 0.15) is 17.1 Å². The molecule has 1 fully saturated rings. The van der Waals surface area contributed by atoms with Gasteiger partial charge in [-0.2, -0.15) is 0 Å². The van der Waals surface area contributed by atoms with Crippen LogP contribution in [-0.2, 0) is 14.3 Å². The number of hydrogen-bond acceptors (Lipinski definition) is 3. The van der Waals surface area contributed by atoms with E-state index in [4.69, 9.17) is 4.74 Å². The Kier molecular flexibility index (Phi) is 4.12. The van der Waals surface area contributed by atoms with Gasteiger partial charge in [-0.15, -0.1) is 0 Å². The summed E-state index contributed by atoms with van der Waals surface area (Å²) in [7, 11) is 0. The standard InChI is InChI=1S/C22H18N2O3/c1-15-13-17(14-16(2)27-15)20-21(25)23(18-9-5-3-6-10-18)24(22(20)26)19-11-7-4-8-12-19/h3-14H,1-2H3. The van der Waals surface area contributed by atoms with Crippen LogP contribution in [0.2, 0.25) is 0 Å². The van der Waals surface area contributed by atoms with Crippen molar-refractivity contribution in [2.45, 2.75) is 13.8 Å². The topological polar surface area (TPSA) is 49.9 Å². The normalized spacial score (nSPS) is 17.1. The quantitative estimate of drug-likeness (QED) is 0.599. The van der Waals surface area contributed by atoms with Crippen LogP contribution in [0.15, 0.2) is 95.5 Å². The molecule has 2 aliphatic heterocycles. The van der Waals surface area contributed by atoms with Gasteiger partial charge in [0.05, 0.1) is 11.4 Å². The van der Waals surface area contributed by atoms with E-state index in [1.807, 2.05) is 36.4 Å². The molecule has 0 saturated carbocycles. The maximum Gasteiger partial charge on any atom is 0.283 e. The number of hydrogen-bond donors (Lipinski definition) is 0.